The van der Waals surface area contributed by atoms with Crippen LogP contribution in [0.3, 0.4) is 0 Å². The molecule has 0 radical (unpaired) electrons. The number of para-hydroxylation sites is 1. The minimum atomic E-state index is -0.386. The van der Waals surface area contributed by atoms with Crippen molar-refractivity contribution in [2.75, 3.05) is 31.0 Å². The number of ether oxygens (including phenoxy) is 3. The molecule has 4 aliphatic rings. The van der Waals surface area contributed by atoms with Gasteiger partial charge in [0, 0.05) is 21.7 Å². The fourth-order valence-corrected chi connectivity index (χ4v) is 11.1. The van der Waals surface area contributed by atoms with E-state index in [1.807, 2.05) is 42.5 Å². The van der Waals surface area contributed by atoms with Crippen molar-refractivity contribution in [3.63, 3.8) is 0 Å². The van der Waals surface area contributed by atoms with Crippen molar-refractivity contribution in [2.45, 2.75) is 22.6 Å². The molecular formula is C35H31N3O7S2. The third-order valence-corrected chi connectivity index (χ3v) is 12.6. The molecule has 2 aliphatic carbocycles. The first-order valence-electron chi connectivity index (χ1n) is 15.4. The molecule has 3 amide bonds. The molecule has 2 N–H and O–H groups in total. The topological polar surface area (TPSA) is 127 Å². The number of aromatic nitrogens is 1. The molecule has 240 valence electrons. The van der Waals surface area contributed by atoms with Crippen LogP contribution in [0, 0.1) is 29.6 Å². The Morgan fingerprint density at radius 1 is 0.915 bits per heavy atom. The van der Waals surface area contributed by atoms with Crippen LogP contribution in [-0.4, -0.2) is 48.8 Å². The number of thioether (sulfide) groups is 1. The largest absolute Gasteiger partial charge is 0.497 e. The van der Waals surface area contributed by atoms with Crippen LogP contribution < -0.4 is 29.3 Å². The maximum Gasteiger partial charge on any atom is 0.305 e. The number of carbonyl (C=O) groups is 3. The molecule has 2 saturated carbocycles. The second kappa shape index (κ2) is 11.6. The molecule has 2 aliphatic heterocycles. The number of imide groups is 1. The number of carbonyl (C=O) groups excluding carboxylic acids is 3. The highest BCUT2D eigenvalue weighted by Crippen LogP contribution is 2.68. The summed E-state index contributed by atoms with van der Waals surface area (Å²) in [6.45, 7) is -0.225. The number of fused-ring (bicyclic) bond motifs is 9. The Morgan fingerprint density at radius 3 is 2.38 bits per heavy atom. The normalized spacial score (nSPS) is 26.9. The number of H-pyrrole nitrogens is 1. The highest BCUT2D eigenvalue weighted by Gasteiger charge is 2.69. The van der Waals surface area contributed by atoms with Gasteiger partial charge in [-0.25, -0.2) is 0 Å². The minimum Gasteiger partial charge on any atom is -0.497 e. The number of nitrogens with zero attached hydrogens (tertiary/aromatic N) is 1. The predicted octanol–water partition coefficient (Wildman–Crippen LogP) is 5.15. The average molecular weight is 670 g/mol. The third-order valence-electron chi connectivity index (χ3n) is 10.0. The van der Waals surface area contributed by atoms with Gasteiger partial charge >= 0.3 is 4.87 Å². The van der Waals surface area contributed by atoms with Crippen LogP contribution >= 0.6 is 23.1 Å². The van der Waals surface area contributed by atoms with E-state index in [1.165, 1.54) is 16.2 Å². The van der Waals surface area contributed by atoms with E-state index in [1.54, 1.807) is 56.3 Å². The van der Waals surface area contributed by atoms with Crippen LogP contribution in [0.15, 0.2) is 82.6 Å². The van der Waals surface area contributed by atoms with Gasteiger partial charge in [-0.15, -0.1) is 11.8 Å². The minimum absolute atomic E-state index is 0.00779. The quantitative estimate of drug-likeness (QED) is 0.247. The predicted molar refractivity (Wildman–Crippen MR) is 178 cm³/mol. The second-order valence-corrected chi connectivity index (χ2v) is 14.5. The SMILES string of the molecule is COc1ccc(NC(=O)COc2ccc([C@@H]3c4sc(=O)[nH]c4S[C@@H]4[C@@H]5C[C@@H]([C@@H]6C(=O)N(c7ccccc7)C(=O)[C@@H]56)[C@H]34)cc2OC)cc1. The van der Waals surface area contributed by atoms with Gasteiger partial charge in [0.25, 0.3) is 5.91 Å². The second-order valence-electron chi connectivity index (χ2n) is 12.3. The van der Waals surface area contributed by atoms with Gasteiger partial charge in [-0.3, -0.25) is 24.1 Å². The zero-order valence-electron chi connectivity index (χ0n) is 25.5. The lowest BCUT2D eigenvalue weighted by atomic mass is 9.68. The van der Waals surface area contributed by atoms with Crippen LogP contribution in [0.1, 0.15) is 22.8 Å². The molecule has 7 atom stereocenters. The Balaban J connectivity index is 1.07. The zero-order chi connectivity index (χ0) is 32.4. The number of methoxy groups -OCH3 is 2. The summed E-state index contributed by atoms with van der Waals surface area (Å²) in [4.78, 5) is 58.3. The van der Waals surface area contributed by atoms with Crippen molar-refractivity contribution >= 4 is 52.2 Å². The van der Waals surface area contributed by atoms with Crippen LogP contribution in [0.25, 0.3) is 0 Å². The Morgan fingerprint density at radius 2 is 1.66 bits per heavy atom. The molecule has 3 heterocycles. The van der Waals surface area contributed by atoms with E-state index in [9.17, 15) is 19.2 Å². The van der Waals surface area contributed by atoms with Crippen LogP contribution in [0.2, 0.25) is 0 Å². The molecule has 8 rings (SSSR count). The molecule has 4 aromatic rings. The highest BCUT2D eigenvalue weighted by molar-refractivity contribution is 8.00. The molecule has 3 aromatic carbocycles. The molecule has 47 heavy (non-hydrogen) atoms. The van der Waals surface area contributed by atoms with Crippen molar-refractivity contribution in [3.05, 3.63) is 92.9 Å². The van der Waals surface area contributed by atoms with Gasteiger partial charge in [0.1, 0.15) is 5.75 Å². The Hall–Kier alpha value is -4.55. The summed E-state index contributed by atoms with van der Waals surface area (Å²) in [7, 11) is 3.13. The standard InChI is InChI=1S/C35H31N3O7S2/c1-43-20-11-9-18(10-12-20)36-25(39)16-45-23-13-8-17(14-24(23)44-2)26-27-21-15-22(30(27)46-32-31(26)47-35(42)37-32)29-28(21)33(40)38(34(29)41)19-6-4-3-5-7-19/h3-14,21-22,26-30H,15-16H2,1-2H3,(H,36,39)(H,37,42)/t21-,22-,26+,27-,28+,29+,30-/m1/s1. The molecule has 12 heteroatoms. The van der Waals surface area contributed by atoms with Crippen LogP contribution in [-0.2, 0) is 14.4 Å². The fraction of sp³-hybridized carbons (Fsp3) is 0.314. The Labute approximate surface area is 278 Å². The van der Waals surface area contributed by atoms with Gasteiger partial charge in [0.2, 0.25) is 11.8 Å². The molecule has 1 aromatic heterocycles. The zero-order valence-corrected chi connectivity index (χ0v) is 27.1. The maximum atomic E-state index is 13.9. The summed E-state index contributed by atoms with van der Waals surface area (Å²) < 4.78 is 16.8. The molecule has 1 saturated heterocycles. The number of thiazole rings is 1. The number of nitrogens with one attached hydrogen (secondary N) is 2. The molecule has 10 nitrogen and oxygen atoms in total. The summed E-state index contributed by atoms with van der Waals surface area (Å²) in [5.41, 5.74) is 2.17. The van der Waals surface area contributed by atoms with Crippen molar-refractivity contribution in [3.8, 4) is 17.2 Å². The van der Waals surface area contributed by atoms with E-state index >= 15 is 0 Å². The number of anilines is 2. The Bertz CT molecular complexity index is 1940. The molecule has 0 spiro atoms. The van der Waals surface area contributed by atoms with Crippen molar-refractivity contribution in [1.82, 2.24) is 4.98 Å². The number of benzene rings is 3. The first-order chi connectivity index (χ1) is 22.9. The van der Waals surface area contributed by atoms with Crippen molar-refractivity contribution in [1.29, 1.82) is 0 Å². The van der Waals surface area contributed by atoms with E-state index < -0.39 is 0 Å². The number of rotatable bonds is 8. The van der Waals surface area contributed by atoms with Crippen molar-refractivity contribution in [2.24, 2.45) is 29.6 Å². The first-order valence-corrected chi connectivity index (χ1v) is 17.1. The fourth-order valence-electron chi connectivity index (χ4n) is 8.23. The Kier molecular flexibility index (Phi) is 7.36. The lowest BCUT2D eigenvalue weighted by Crippen LogP contribution is -2.42. The van der Waals surface area contributed by atoms with E-state index in [0.29, 0.717) is 28.6 Å². The number of hydrogen-bond acceptors (Lipinski definition) is 9. The molecule has 0 unspecified atom stereocenters. The van der Waals surface area contributed by atoms with Gasteiger partial charge in [-0.2, -0.15) is 0 Å². The number of amides is 3. The van der Waals surface area contributed by atoms with Crippen LogP contribution in [0.4, 0.5) is 11.4 Å². The smallest absolute Gasteiger partial charge is 0.305 e. The van der Waals surface area contributed by atoms with Crippen molar-refractivity contribution < 1.29 is 28.6 Å². The van der Waals surface area contributed by atoms with Gasteiger partial charge in [0.15, 0.2) is 18.1 Å². The summed E-state index contributed by atoms with van der Waals surface area (Å²) in [5, 5.41) is 3.71. The van der Waals surface area contributed by atoms with Crippen LogP contribution in [0.5, 0.6) is 17.2 Å². The molecular weight excluding hydrogens is 639 g/mol. The number of hydrogen-bond donors (Lipinski definition) is 2. The molecule has 2 bridgehead atoms. The maximum absolute atomic E-state index is 13.9. The summed E-state index contributed by atoms with van der Waals surface area (Å²) in [6, 6.07) is 21.8. The first kappa shape index (κ1) is 29.8. The summed E-state index contributed by atoms with van der Waals surface area (Å²) in [6.07, 6.45) is 0.801. The van der Waals surface area contributed by atoms with E-state index in [0.717, 1.165) is 21.9 Å². The van der Waals surface area contributed by atoms with Gasteiger partial charge in [-0.05, 0) is 78.3 Å². The highest BCUT2D eigenvalue weighted by atomic mass is 32.2. The van der Waals surface area contributed by atoms with Gasteiger partial charge in [0.05, 0.1) is 36.8 Å². The lowest BCUT2D eigenvalue weighted by molar-refractivity contribution is -0.123. The third kappa shape index (κ3) is 4.84. The summed E-state index contributed by atoms with van der Waals surface area (Å²) in [5.74, 6) is 0.143. The average Bonchev–Trinajstić information content (AvgIpc) is 3.83. The molecule has 3 fully saturated rings. The van der Waals surface area contributed by atoms with Gasteiger partial charge in [-0.1, -0.05) is 35.6 Å². The van der Waals surface area contributed by atoms with E-state index in [-0.39, 0.29) is 70.0 Å². The number of aromatic amines is 1. The van der Waals surface area contributed by atoms with E-state index in [4.69, 9.17) is 14.2 Å². The van der Waals surface area contributed by atoms with E-state index in [2.05, 4.69) is 10.3 Å². The van der Waals surface area contributed by atoms with Gasteiger partial charge < -0.3 is 24.5 Å². The lowest BCUT2D eigenvalue weighted by Gasteiger charge is -2.43. The monoisotopic (exact) mass is 669 g/mol. The summed E-state index contributed by atoms with van der Waals surface area (Å²) >= 11 is 2.85.